The average Bonchev–Trinajstić information content (AvgIpc) is 2.66. The summed E-state index contributed by atoms with van der Waals surface area (Å²) in [5, 5.41) is 3.42. The summed E-state index contributed by atoms with van der Waals surface area (Å²) in [5.74, 6) is 0.537. The number of nitrogens with one attached hydrogen (secondary N) is 1. The molecule has 1 heterocycles. The van der Waals surface area contributed by atoms with Crippen LogP contribution in [0.5, 0.6) is 0 Å². The number of carbonyl (C=O) groups is 1. The summed E-state index contributed by atoms with van der Waals surface area (Å²) >= 11 is 12.1. The highest BCUT2D eigenvalue weighted by atomic mass is 35.5. The van der Waals surface area contributed by atoms with Crippen LogP contribution in [-0.4, -0.2) is 62.3 Å². The van der Waals surface area contributed by atoms with Crippen molar-refractivity contribution in [3.8, 4) is 0 Å². The molecule has 156 valence electrons. The summed E-state index contributed by atoms with van der Waals surface area (Å²) in [6, 6.07) is 4.86. The van der Waals surface area contributed by atoms with E-state index in [4.69, 9.17) is 23.2 Å². The van der Waals surface area contributed by atoms with Gasteiger partial charge in [-0.1, -0.05) is 49.0 Å². The van der Waals surface area contributed by atoms with Crippen molar-refractivity contribution in [1.82, 2.24) is 14.5 Å². The molecular weight excluding hydrogens is 421 g/mol. The molecule has 1 N–H and O–H groups in total. The van der Waals surface area contributed by atoms with Gasteiger partial charge in [0.05, 0.1) is 16.6 Å². The number of nitrogens with zero attached hydrogens (tertiary/aromatic N) is 2. The fraction of sp³-hybridized carbons (Fsp3) is 0.632. The minimum absolute atomic E-state index is 0.0212. The first-order valence-electron chi connectivity index (χ1n) is 9.75. The molecule has 1 aliphatic heterocycles. The van der Waals surface area contributed by atoms with Crippen LogP contribution in [0.3, 0.4) is 0 Å². The first-order chi connectivity index (χ1) is 13.3. The zero-order chi connectivity index (χ0) is 20.3. The van der Waals surface area contributed by atoms with E-state index in [2.05, 4.69) is 12.2 Å². The van der Waals surface area contributed by atoms with Gasteiger partial charge in [0.1, 0.15) is 4.90 Å². The summed E-state index contributed by atoms with van der Waals surface area (Å²) < 4.78 is 27.2. The summed E-state index contributed by atoms with van der Waals surface area (Å²) in [6.45, 7) is 4.14. The molecule has 6 nitrogen and oxygen atoms in total. The molecule has 1 saturated heterocycles. The molecule has 28 heavy (non-hydrogen) atoms. The van der Waals surface area contributed by atoms with Crippen molar-refractivity contribution in [2.24, 2.45) is 5.92 Å². The van der Waals surface area contributed by atoms with E-state index >= 15 is 0 Å². The lowest BCUT2D eigenvalue weighted by molar-refractivity contribution is -0.123. The Kier molecular flexibility index (Phi) is 7.26. The van der Waals surface area contributed by atoms with Gasteiger partial charge < -0.3 is 5.32 Å². The second kappa shape index (κ2) is 9.30. The number of rotatable bonds is 5. The highest BCUT2D eigenvalue weighted by molar-refractivity contribution is 7.89. The van der Waals surface area contributed by atoms with Crippen LogP contribution in [0.15, 0.2) is 23.1 Å². The molecule has 0 unspecified atom stereocenters. The van der Waals surface area contributed by atoms with Gasteiger partial charge in [-0.05, 0) is 30.9 Å². The van der Waals surface area contributed by atoms with Crippen LogP contribution in [0.2, 0.25) is 10.0 Å². The second-order valence-corrected chi connectivity index (χ2v) is 10.4. The van der Waals surface area contributed by atoms with Crippen LogP contribution in [0.4, 0.5) is 0 Å². The summed E-state index contributed by atoms with van der Waals surface area (Å²) in [4.78, 5) is 14.4. The number of hydrogen-bond acceptors (Lipinski definition) is 4. The van der Waals surface area contributed by atoms with Gasteiger partial charge in [0.15, 0.2) is 0 Å². The van der Waals surface area contributed by atoms with E-state index in [1.165, 1.54) is 16.8 Å². The van der Waals surface area contributed by atoms with Crippen LogP contribution in [-0.2, 0) is 14.8 Å². The molecule has 9 heteroatoms. The van der Waals surface area contributed by atoms with E-state index in [1.54, 1.807) is 12.1 Å². The monoisotopic (exact) mass is 447 g/mol. The largest absolute Gasteiger partial charge is 0.352 e. The van der Waals surface area contributed by atoms with Gasteiger partial charge in [-0.2, -0.15) is 4.31 Å². The van der Waals surface area contributed by atoms with Gasteiger partial charge in [-0.3, -0.25) is 9.69 Å². The van der Waals surface area contributed by atoms with Crippen LogP contribution >= 0.6 is 23.2 Å². The van der Waals surface area contributed by atoms with Crippen molar-refractivity contribution in [1.29, 1.82) is 0 Å². The van der Waals surface area contributed by atoms with Crippen molar-refractivity contribution >= 4 is 39.1 Å². The quantitative estimate of drug-likeness (QED) is 0.752. The van der Waals surface area contributed by atoms with Crippen LogP contribution in [0, 0.1) is 5.92 Å². The smallest absolute Gasteiger partial charge is 0.244 e. The molecule has 0 radical (unpaired) electrons. The topological polar surface area (TPSA) is 69.7 Å². The SMILES string of the molecule is C[C@@H]1CCCC[C@@H]1NC(=O)CN1CCN(S(=O)(=O)c2cccc(Cl)c2Cl)CC1. The van der Waals surface area contributed by atoms with Gasteiger partial charge in [-0.25, -0.2) is 8.42 Å². The predicted molar refractivity (Wildman–Crippen MR) is 111 cm³/mol. The van der Waals surface area contributed by atoms with E-state index < -0.39 is 10.0 Å². The molecule has 2 fully saturated rings. The van der Waals surface area contributed by atoms with Crippen molar-refractivity contribution in [3.05, 3.63) is 28.2 Å². The fourth-order valence-electron chi connectivity index (χ4n) is 3.94. The molecule has 1 aliphatic carbocycles. The van der Waals surface area contributed by atoms with Crippen molar-refractivity contribution in [3.63, 3.8) is 0 Å². The van der Waals surface area contributed by atoms with Gasteiger partial charge in [-0.15, -0.1) is 0 Å². The second-order valence-electron chi connectivity index (χ2n) is 7.67. The minimum Gasteiger partial charge on any atom is -0.352 e. The number of hydrogen-bond donors (Lipinski definition) is 1. The van der Waals surface area contributed by atoms with Crippen molar-refractivity contribution < 1.29 is 13.2 Å². The maximum atomic E-state index is 12.9. The highest BCUT2D eigenvalue weighted by Gasteiger charge is 2.31. The third-order valence-corrected chi connectivity index (χ3v) is 8.56. The number of benzene rings is 1. The Morgan fingerprint density at radius 2 is 1.82 bits per heavy atom. The third-order valence-electron chi connectivity index (χ3n) is 5.69. The maximum absolute atomic E-state index is 12.9. The molecule has 0 aromatic heterocycles. The lowest BCUT2D eigenvalue weighted by Crippen LogP contribution is -2.52. The molecule has 1 aromatic rings. The molecule has 1 amide bonds. The molecule has 0 bridgehead atoms. The lowest BCUT2D eigenvalue weighted by atomic mass is 9.86. The zero-order valence-corrected chi connectivity index (χ0v) is 18.4. The summed E-state index contributed by atoms with van der Waals surface area (Å²) in [5.41, 5.74) is 0. The van der Waals surface area contributed by atoms with Gasteiger partial charge in [0, 0.05) is 32.2 Å². The molecular formula is C19H27Cl2N3O3S. The van der Waals surface area contributed by atoms with E-state index in [-0.39, 0.29) is 26.9 Å². The maximum Gasteiger partial charge on any atom is 0.244 e. The van der Waals surface area contributed by atoms with Gasteiger partial charge >= 0.3 is 0 Å². The first kappa shape index (κ1) is 21.8. The molecule has 3 rings (SSSR count). The standard InChI is InChI=1S/C19H27Cl2N3O3S/c1-14-5-2-3-7-16(14)22-18(25)13-23-9-11-24(12-10-23)28(26,27)17-8-4-6-15(20)19(17)21/h4,6,8,14,16H,2-3,5,7,9-13H2,1H3,(H,22,25)/t14-,16+/m1/s1. The molecule has 2 atom stereocenters. The van der Waals surface area contributed by atoms with Gasteiger partial charge in [0.2, 0.25) is 15.9 Å². The highest BCUT2D eigenvalue weighted by Crippen LogP contribution is 2.31. The minimum atomic E-state index is -3.71. The number of amides is 1. The molecule has 1 saturated carbocycles. The average molecular weight is 448 g/mol. The Balaban J connectivity index is 1.54. The van der Waals surface area contributed by atoms with E-state index in [9.17, 15) is 13.2 Å². The fourth-order valence-corrected chi connectivity index (χ4v) is 6.09. The molecule has 0 spiro atoms. The van der Waals surface area contributed by atoms with E-state index in [0.717, 1.165) is 19.3 Å². The summed E-state index contributed by atoms with van der Waals surface area (Å²) in [7, 11) is -3.71. The van der Waals surface area contributed by atoms with Crippen molar-refractivity contribution in [2.45, 2.75) is 43.5 Å². The summed E-state index contributed by atoms with van der Waals surface area (Å²) in [6.07, 6.45) is 4.60. The zero-order valence-electron chi connectivity index (χ0n) is 16.0. The number of sulfonamides is 1. The third kappa shape index (κ3) is 5.00. The van der Waals surface area contributed by atoms with Crippen LogP contribution in [0.25, 0.3) is 0 Å². The number of piperazine rings is 1. The normalized spacial score (nSPS) is 24.8. The number of halogens is 2. The Morgan fingerprint density at radius 1 is 1.14 bits per heavy atom. The number of carbonyl (C=O) groups excluding carboxylic acids is 1. The van der Waals surface area contributed by atoms with E-state index in [1.807, 2.05) is 4.90 Å². The molecule has 1 aromatic carbocycles. The Hall–Kier alpha value is -0.860. The Bertz CT molecular complexity index is 811. The van der Waals surface area contributed by atoms with Crippen molar-refractivity contribution in [2.75, 3.05) is 32.7 Å². The Labute approximate surface area is 177 Å². The van der Waals surface area contributed by atoms with Crippen LogP contribution in [0.1, 0.15) is 32.6 Å². The predicted octanol–water partition coefficient (Wildman–Crippen LogP) is 2.99. The first-order valence-corrected chi connectivity index (χ1v) is 11.9. The lowest BCUT2D eigenvalue weighted by Gasteiger charge is -2.35. The van der Waals surface area contributed by atoms with Gasteiger partial charge in [0.25, 0.3) is 0 Å². The Morgan fingerprint density at radius 3 is 2.50 bits per heavy atom. The van der Waals surface area contributed by atoms with Crippen LogP contribution < -0.4 is 5.32 Å². The molecule has 2 aliphatic rings. The van der Waals surface area contributed by atoms with E-state index in [0.29, 0.717) is 38.6 Å².